The first-order valence-electron chi connectivity index (χ1n) is 14.2. The molecule has 230 valence electrons. The molecule has 44 heavy (non-hydrogen) atoms. The maximum Gasteiger partial charge on any atom is 0.264 e. The quantitative estimate of drug-likeness (QED) is 0.193. The summed E-state index contributed by atoms with van der Waals surface area (Å²) >= 11 is 3.45. The Morgan fingerprint density at radius 3 is 1.98 bits per heavy atom. The molecule has 0 aromatic heterocycles. The molecule has 4 aromatic carbocycles. The Morgan fingerprint density at radius 1 is 0.818 bits per heavy atom. The molecule has 4 aromatic rings. The van der Waals surface area contributed by atoms with E-state index in [1.54, 1.807) is 42.5 Å². The fourth-order valence-electron chi connectivity index (χ4n) is 4.72. The van der Waals surface area contributed by atoms with E-state index in [0.29, 0.717) is 11.4 Å². The van der Waals surface area contributed by atoms with Crippen molar-refractivity contribution in [3.8, 4) is 5.75 Å². The molecule has 4 rings (SSSR count). The second-order valence-corrected chi connectivity index (χ2v) is 13.3. The van der Waals surface area contributed by atoms with Gasteiger partial charge < -0.3 is 15.0 Å². The van der Waals surface area contributed by atoms with Gasteiger partial charge in [-0.15, -0.1) is 0 Å². The summed E-state index contributed by atoms with van der Waals surface area (Å²) in [5.74, 6) is -0.334. The van der Waals surface area contributed by atoms with Crippen molar-refractivity contribution in [3.05, 3.63) is 125 Å². The lowest BCUT2D eigenvalue weighted by atomic mass is 10.0. The molecule has 0 aliphatic rings. The highest BCUT2D eigenvalue weighted by Crippen LogP contribution is 2.26. The molecule has 0 aliphatic heterocycles. The SMILES string of the molecule is COc1ccc(S(=O)(=O)N(CC(=O)N(Cc2ccc(Br)cc2)[C@@H](Cc2ccccc2)C(=O)NC(C)C)c2ccccc2)cc1. The van der Waals surface area contributed by atoms with E-state index in [4.69, 9.17) is 4.74 Å². The zero-order valence-electron chi connectivity index (χ0n) is 24.9. The van der Waals surface area contributed by atoms with Gasteiger partial charge in [-0.25, -0.2) is 8.42 Å². The van der Waals surface area contributed by atoms with E-state index >= 15 is 0 Å². The summed E-state index contributed by atoms with van der Waals surface area (Å²) < 4.78 is 35.3. The first-order valence-corrected chi connectivity index (χ1v) is 16.4. The smallest absolute Gasteiger partial charge is 0.264 e. The lowest BCUT2D eigenvalue weighted by Crippen LogP contribution is -2.54. The van der Waals surface area contributed by atoms with Gasteiger partial charge in [0.1, 0.15) is 18.3 Å². The van der Waals surface area contributed by atoms with Crippen molar-refractivity contribution >= 4 is 43.5 Å². The number of carbonyl (C=O) groups is 2. The summed E-state index contributed by atoms with van der Waals surface area (Å²) in [7, 11) is -2.69. The van der Waals surface area contributed by atoms with Crippen LogP contribution in [0.25, 0.3) is 0 Å². The van der Waals surface area contributed by atoms with Crippen LogP contribution < -0.4 is 14.4 Å². The van der Waals surface area contributed by atoms with Crippen molar-refractivity contribution in [2.75, 3.05) is 18.0 Å². The molecule has 0 saturated heterocycles. The molecule has 0 aliphatic carbocycles. The Bertz CT molecular complexity index is 1630. The van der Waals surface area contributed by atoms with Gasteiger partial charge in [0.05, 0.1) is 17.7 Å². The van der Waals surface area contributed by atoms with Crippen LogP contribution in [0.15, 0.2) is 119 Å². The van der Waals surface area contributed by atoms with Crippen LogP contribution in [0, 0.1) is 0 Å². The van der Waals surface area contributed by atoms with E-state index in [-0.39, 0.29) is 29.8 Å². The first-order chi connectivity index (χ1) is 21.1. The molecular weight excluding hydrogens is 642 g/mol. The van der Waals surface area contributed by atoms with E-state index in [2.05, 4.69) is 21.2 Å². The van der Waals surface area contributed by atoms with Gasteiger partial charge >= 0.3 is 0 Å². The second kappa shape index (κ2) is 15.0. The van der Waals surface area contributed by atoms with Crippen LogP contribution in [0.1, 0.15) is 25.0 Å². The second-order valence-electron chi connectivity index (χ2n) is 10.5. The Kier molecular flexibility index (Phi) is 11.2. The number of ether oxygens (including phenoxy) is 1. The van der Waals surface area contributed by atoms with Gasteiger partial charge in [-0.2, -0.15) is 0 Å². The molecule has 10 heteroatoms. The summed E-state index contributed by atoms with van der Waals surface area (Å²) in [5, 5.41) is 2.96. The molecule has 0 fully saturated rings. The average Bonchev–Trinajstić information content (AvgIpc) is 3.02. The summed E-state index contributed by atoms with van der Waals surface area (Å²) in [6, 6.07) is 30.3. The van der Waals surface area contributed by atoms with Crippen LogP contribution in [-0.4, -0.2) is 50.9 Å². The normalized spacial score (nSPS) is 11.9. The molecule has 8 nitrogen and oxygen atoms in total. The molecule has 1 N–H and O–H groups in total. The number of sulfonamides is 1. The predicted octanol–water partition coefficient (Wildman–Crippen LogP) is 5.82. The Balaban J connectivity index is 1.78. The lowest BCUT2D eigenvalue weighted by molar-refractivity contribution is -0.140. The molecule has 0 radical (unpaired) electrons. The number of nitrogens with one attached hydrogen (secondary N) is 1. The number of para-hydroxylation sites is 1. The number of hydrogen-bond acceptors (Lipinski definition) is 5. The molecule has 0 unspecified atom stereocenters. The minimum absolute atomic E-state index is 0.00722. The van der Waals surface area contributed by atoms with E-state index in [0.717, 1.165) is 19.9 Å². The summed E-state index contributed by atoms with van der Waals surface area (Å²) in [6.07, 6.45) is 0.248. The van der Waals surface area contributed by atoms with Crippen LogP contribution in [0.4, 0.5) is 5.69 Å². The fraction of sp³-hybridized carbons (Fsp3) is 0.235. The van der Waals surface area contributed by atoms with Crippen molar-refractivity contribution in [2.24, 2.45) is 0 Å². The highest BCUT2D eigenvalue weighted by Gasteiger charge is 2.34. The number of anilines is 1. The zero-order valence-corrected chi connectivity index (χ0v) is 27.3. The fourth-order valence-corrected chi connectivity index (χ4v) is 6.40. The topological polar surface area (TPSA) is 96.0 Å². The van der Waals surface area contributed by atoms with Crippen LogP contribution in [-0.2, 0) is 32.6 Å². The average molecular weight is 679 g/mol. The van der Waals surface area contributed by atoms with Gasteiger partial charge in [-0.3, -0.25) is 13.9 Å². The summed E-state index contributed by atoms with van der Waals surface area (Å²) in [5.41, 5.74) is 1.99. The highest BCUT2D eigenvalue weighted by molar-refractivity contribution is 9.10. The number of rotatable bonds is 13. The number of nitrogens with zero attached hydrogens (tertiary/aromatic N) is 2. The van der Waals surface area contributed by atoms with Crippen LogP contribution in [0.3, 0.4) is 0 Å². The van der Waals surface area contributed by atoms with Gasteiger partial charge in [0.25, 0.3) is 10.0 Å². The molecular formula is C34H36BrN3O5S. The highest BCUT2D eigenvalue weighted by atomic mass is 79.9. The number of halogens is 1. The Hall–Kier alpha value is -4.15. The molecule has 0 bridgehead atoms. The molecule has 0 heterocycles. The minimum Gasteiger partial charge on any atom is -0.497 e. The number of amides is 2. The number of carbonyl (C=O) groups excluding carboxylic acids is 2. The first kappa shape index (κ1) is 32.8. The minimum atomic E-state index is -4.19. The third kappa shape index (κ3) is 8.48. The van der Waals surface area contributed by atoms with Gasteiger partial charge in [-0.05, 0) is 73.5 Å². The van der Waals surface area contributed by atoms with Gasteiger partial charge in [-0.1, -0.05) is 76.6 Å². The van der Waals surface area contributed by atoms with Crippen LogP contribution in [0.5, 0.6) is 5.75 Å². The van der Waals surface area contributed by atoms with Gasteiger partial charge in [0, 0.05) is 23.5 Å². The predicted molar refractivity (Wildman–Crippen MR) is 176 cm³/mol. The number of hydrogen-bond donors (Lipinski definition) is 1. The van der Waals surface area contributed by atoms with Crippen LogP contribution in [0.2, 0.25) is 0 Å². The largest absolute Gasteiger partial charge is 0.497 e. The van der Waals surface area contributed by atoms with E-state index in [9.17, 15) is 18.0 Å². The Morgan fingerprint density at radius 2 is 1.41 bits per heavy atom. The van der Waals surface area contributed by atoms with Crippen molar-refractivity contribution in [3.63, 3.8) is 0 Å². The maximum atomic E-state index is 14.4. The van der Waals surface area contributed by atoms with E-state index in [1.807, 2.05) is 68.4 Å². The van der Waals surface area contributed by atoms with Crippen LogP contribution >= 0.6 is 15.9 Å². The van der Waals surface area contributed by atoms with Crippen molar-refractivity contribution < 1.29 is 22.7 Å². The molecule has 1 atom stereocenters. The van der Waals surface area contributed by atoms with Crippen molar-refractivity contribution in [2.45, 2.75) is 43.8 Å². The zero-order chi connectivity index (χ0) is 31.7. The van der Waals surface area contributed by atoms with E-state index < -0.39 is 28.5 Å². The molecule has 0 saturated carbocycles. The monoisotopic (exact) mass is 677 g/mol. The molecule has 2 amide bonds. The van der Waals surface area contributed by atoms with E-state index in [1.165, 1.54) is 24.1 Å². The standard InChI is InChI=1S/C34H36BrN3O5S/c1-25(2)36-34(40)32(22-26-10-6-4-7-11-26)37(23-27-14-16-28(35)17-15-27)33(39)24-38(29-12-8-5-9-13-29)44(41,42)31-20-18-30(43-3)19-21-31/h4-21,25,32H,22-24H2,1-3H3,(H,36,40)/t32-/m0/s1. The number of methoxy groups -OCH3 is 1. The maximum absolute atomic E-state index is 14.4. The van der Waals surface area contributed by atoms with Gasteiger partial charge in [0.2, 0.25) is 11.8 Å². The van der Waals surface area contributed by atoms with Crippen molar-refractivity contribution in [1.82, 2.24) is 10.2 Å². The summed E-state index contributed by atoms with van der Waals surface area (Å²) in [4.78, 5) is 29.6. The summed E-state index contributed by atoms with van der Waals surface area (Å²) in [6.45, 7) is 3.29. The van der Waals surface area contributed by atoms with Gasteiger partial charge in [0.15, 0.2) is 0 Å². The lowest BCUT2D eigenvalue weighted by Gasteiger charge is -2.34. The van der Waals surface area contributed by atoms with Crippen molar-refractivity contribution in [1.29, 1.82) is 0 Å². The number of benzene rings is 4. The Labute approximate surface area is 267 Å². The third-order valence-electron chi connectivity index (χ3n) is 6.94. The third-order valence-corrected chi connectivity index (χ3v) is 9.26. The molecule has 0 spiro atoms.